The first-order valence-corrected chi connectivity index (χ1v) is 5.66. The smallest absolute Gasteiger partial charge is 0.200 e. The second-order valence-electron chi connectivity index (χ2n) is 3.98. The molecule has 0 atom stereocenters. The topological polar surface area (TPSA) is 24.9 Å². The minimum Gasteiger partial charge on any atom is -0.380 e. The summed E-state index contributed by atoms with van der Waals surface area (Å²) in [6, 6.07) is 3.36. The molecule has 0 aliphatic rings. The van der Waals surface area contributed by atoms with Gasteiger partial charge in [-0.3, -0.25) is 4.98 Å². The van der Waals surface area contributed by atoms with Crippen molar-refractivity contribution >= 4 is 5.69 Å². The standard InChI is InChI=1S/C13H9F5N2/c14-8-9(15)11(17)13(12(18)10(8)16)20-6-3-7-1-4-19-5-2-7/h1-2,4-5,20H,3,6H2. The van der Waals surface area contributed by atoms with Crippen LogP contribution in [-0.4, -0.2) is 11.5 Å². The van der Waals surface area contributed by atoms with Gasteiger partial charge in [0.2, 0.25) is 5.82 Å². The average Bonchev–Trinajstić information content (AvgIpc) is 2.48. The molecule has 2 rings (SSSR count). The van der Waals surface area contributed by atoms with E-state index in [9.17, 15) is 22.0 Å². The van der Waals surface area contributed by atoms with Gasteiger partial charge in [-0.25, -0.2) is 22.0 Å². The van der Waals surface area contributed by atoms with Crippen LogP contribution in [0.25, 0.3) is 0 Å². The lowest BCUT2D eigenvalue weighted by Gasteiger charge is -2.10. The predicted molar refractivity (Wildman–Crippen MR) is 62.7 cm³/mol. The first-order valence-electron chi connectivity index (χ1n) is 5.66. The number of nitrogens with one attached hydrogen (secondary N) is 1. The Morgan fingerprint density at radius 1 is 0.800 bits per heavy atom. The van der Waals surface area contributed by atoms with Crippen LogP contribution < -0.4 is 5.32 Å². The molecule has 0 aliphatic carbocycles. The third-order valence-electron chi connectivity index (χ3n) is 2.67. The largest absolute Gasteiger partial charge is 0.380 e. The van der Waals surface area contributed by atoms with Gasteiger partial charge >= 0.3 is 0 Å². The van der Waals surface area contributed by atoms with Gasteiger partial charge in [-0.2, -0.15) is 0 Å². The summed E-state index contributed by atoms with van der Waals surface area (Å²) in [6.07, 6.45) is 3.42. The molecule has 2 aromatic rings. The van der Waals surface area contributed by atoms with Crippen LogP contribution in [0.15, 0.2) is 24.5 Å². The summed E-state index contributed by atoms with van der Waals surface area (Å²) in [5.74, 6) is -9.82. The van der Waals surface area contributed by atoms with E-state index in [1.165, 1.54) is 12.4 Å². The van der Waals surface area contributed by atoms with Crippen LogP contribution in [-0.2, 0) is 6.42 Å². The van der Waals surface area contributed by atoms with Crippen LogP contribution in [0.5, 0.6) is 0 Å². The molecule has 1 heterocycles. The molecule has 2 nitrogen and oxygen atoms in total. The van der Waals surface area contributed by atoms with Crippen molar-refractivity contribution in [2.75, 3.05) is 11.9 Å². The SMILES string of the molecule is Fc1c(F)c(F)c(NCCc2ccncc2)c(F)c1F. The monoisotopic (exact) mass is 288 g/mol. The minimum atomic E-state index is -2.17. The Kier molecular flexibility index (Phi) is 4.16. The highest BCUT2D eigenvalue weighted by Gasteiger charge is 2.25. The summed E-state index contributed by atoms with van der Waals surface area (Å²) >= 11 is 0. The number of anilines is 1. The first kappa shape index (κ1) is 14.2. The van der Waals surface area contributed by atoms with E-state index in [0.29, 0.717) is 6.42 Å². The molecule has 1 aromatic heterocycles. The van der Waals surface area contributed by atoms with E-state index in [2.05, 4.69) is 10.3 Å². The van der Waals surface area contributed by atoms with E-state index in [-0.39, 0.29) is 6.54 Å². The van der Waals surface area contributed by atoms with Gasteiger partial charge in [-0.15, -0.1) is 0 Å². The molecule has 0 saturated carbocycles. The number of benzene rings is 1. The van der Waals surface area contributed by atoms with Crippen LogP contribution in [0, 0.1) is 29.1 Å². The van der Waals surface area contributed by atoms with Crippen molar-refractivity contribution in [3.05, 3.63) is 59.2 Å². The fourth-order valence-corrected chi connectivity index (χ4v) is 1.64. The predicted octanol–water partition coefficient (Wildman–Crippen LogP) is 3.43. The van der Waals surface area contributed by atoms with Gasteiger partial charge in [0.05, 0.1) is 0 Å². The summed E-state index contributed by atoms with van der Waals surface area (Å²) in [4.78, 5) is 3.79. The zero-order valence-corrected chi connectivity index (χ0v) is 10.1. The normalized spacial score (nSPS) is 10.7. The molecule has 1 aromatic carbocycles. The molecular weight excluding hydrogens is 279 g/mol. The highest BCUT2D eigenvalue weighted by Crippen LogP contribution is 2.26. The number of rotatable bonds is 4. The number of hydrogen-bond donors (Lipinski definition) is 1. The second-order valence-corrected chi connectivity index (χ2v) is 3.98. The molecular formula is C13H9F5N2. The summed E-state index contributed by atoms with van der Waals surface area (Å²) in [7, 11) is 0. The summed E-state index contributed by atoms with van der Waals surface area (Å²) in [6.45, 7) is 0.0162. The van der Waals surface area contributed by atoms with Crippen molar-refractivity contribution in [3.8, 4) is 0 Å². The molecule has 0 unspecified atom stereocenters. The molecule has 0 radical (unpaired) electrons. The lowest BCUT2D eigenvalue weighted by molar-refractivity contribution is 0.381. The maximum Gasteiger partial charge on any atom is 0.200 e. The van der Waals surface area contributed by atoms with E-state index >= 15 is 0 Å². The average molecular weight is 288 g/mol. The molecule has 0 fully saturated rings. The molecule has 0 aliphatic heterocycles. The van der Waals surface area contributed by atoms with Crippen LogP contribution in [0.3, 0.4) is 0 Å². The van der Waals surface area contributed by atoms with Gasteiger partial charge in [-0.05, 0) is 24.1 Å². The molecule has 1 N–H and O–H groups in total. The van der Waals surface area contributed by atoms with Crippen LogP contribution in [0.1, 0.15) is 5.56 Å². The van der Waals surface area contributed by atoms with Gasteiger partial charge in [0.15, 0.2) is 23.3 Å². The fraction of sp³-hybridized carbons (Fsp3) is 0.154. The Bertz CT molecular complexity index is 587. The number of aromatic nitrogens is 1. The zero-order chi connectivity index (χ0) is 14.7. The van der Waals surface area contributed by atoms with Crippen molar-refractivity contribution in [3.63, 3.8) is 0 Å². The molecule has 7 heteroatoms. The first-order chi connectivity index (χ1) is 9.52. The minimum absolute atomic E-state index is 0.0162. The maximum absolute atomic E-state index is 13.3. The third kappa shape index (κ3) is 2.71. The lowest BCUT2D eigenvalue weighted by Crippen LogP contribution is -2.12. The Morgan fingerprint density at radius 3 is 1.85 bits per heavy atom. The lowest BCUT2D eigenvalue weighted by atomic mass is 10.2. The number of nitrogens with zero attached hydrogens (tertiary/aromatic N) is 1. The van der Waals surface area contributed by atoms with Crippen molar-refractivity contribution < 1.29 is 22.0 Å². The van der Waals surface area contributed by atoms with Crippen LogP contribution in [0.2, 0.25) is 0 Å². The van der Waals surface area contributed by atoms with E-state index in [1.807, 2.05) is 0 Å². The van der Waals surface area contributed by atoms with Crippen molar-refractivity contribution in [2.45, 2.75) is 6.42 Å². The molecule has 0 amide bonds. The molecule has 106 valence electrons. The van der Waals surface area contributed by atoms with Gasteiger partial charge in [0, 0.05) is 18.9 Å². The summed E-state index contributed by atoms with van der Waals surface area (Å²) in [5, 5.41) is 2.22. The van der Waals surface area contributed by atoms with Gasteiger partial charge in [-0.1, -0.05) is 0 Å². The fourth-order valence-electron chi connectivity index (χ4n) is 1.64. The van der Waals surface area contributed by atoms with E-state index in [0.717, 1.165) is 5.56 Å². The number of halogens is 5. The van der Waals surface area contributed by atoms with Gasteiger partial charge < -0.3 is 5.32 Å². The maximum atomic E-state index is 13.3. The third-order valence-corrected chi connectivity index (χ3v) is 2.67. The molecule has 0 saturated heterocycles. The quantitative estimate of drug-likeness (QED) is 0.529. The summed E-state index contributed by atoms with van der Waals surface area (Å²) in [5.41, 5.74) is -0.202. The molecule has 0 bridgehead atoms. The Labute approximate surface area is 111 Å². The Morgan fingerprint density at radius 2 is 1.30 bits per heavy atom. The highest BCUT2D eigenvalue weighted by molar-refractivity contribution is 5.47. The second kappa shape index (κ2) is 5.85. The van der Waals surface area contributed by atoms with E-state index in [1.54, 1.807) is 12.1 Å². The van der Waals surface area contributed by atoms with Crippen molar-refractivity contribution in [1.29, 1.82) is 0 Å². The van der Waals surface area contributed by atoms with E-state index < -0.39 is 34.8 Å². The summed E-state index contributed by atoms with van der Waals surface area (Å²) < 4.78 is 65.4. The van der Waals surface area contributed by atoms with Crippen molar-refractivity contribution in [1.82, 2.24) is 4.98 Å². The van der Waals surface area contributed by atoms with Gasteiger partial charge in [0.25, 0.3) is 0 Å². The molecule has 0 spiro atoms. The zero-order valence-electron chi connectivity index (χ0n) is 10.1. The Balaban J connectivity index is 2.14. The van der Waals surface area contributed by atoms with Gasteiger partial charge in [0.1, 0.15) is 5.69 Å². The number of pyridine rings is 1. The Hall–Kier alpha value is -2.18. The highest BCUT2D eigenvalue weighted by atomic mass is 19.2. The van der Waals surface area contributed by atoms with Crippen LogP contribution >= 0.6 is 0 Å². The van der Waals surface area contributed by atoms with Crippen molar-refractivity contribution in [2.24, 2.45) is 0 Å². The van der Waals surface area contributed by atoms with E-state index in [4.69, 9.17) is 0 Å². The molecule has 20 heavy (non-hydrogen) atoms. The van der Waals surface area contributed by atoms with Crippen LogP contribution in [0.4, 0.5) is 27.6 Å². The number of hydrogen-bond acceptors (Lipinski definition) is 2.